The fourth-order valence-electron chi connectivity index (χ4n) is 3.29. The summed E-state index contributed by atoms with van der Waals surface area (Å²) >= 11 is 1.48. The van der Waals surface area contributed by atoms with Crippen molar-refractivity contribution in [3.05, 3.63) is 95.9 Å². The predicted octanol–water partition coefficient (Wildman–Crippen LogP) is 5.50. The zero-order chi connectivity index (χ0) is 21.2. The van der Waals surface area contributed by atoms with E-state index in [1.54, 1.807) is 23.4 Å². The van der Waals surface area contributed by atoms with Crippen LogP contribution < -0.4 is 4.90 Å². The summed E-state index contributed by atoms with van der Waals surface area (Å²) in [6.07, 6.45) is 3.45. The Labute approximate surface area is 182 Å². The molecule has 3 aromatic heterocycles. The largest absolute Gasteiger partial charge is 0.355 e. The number of rotatable bonds is 5. The van der Waals surface area contributed by atoms with E-state index in [2.05, 4.69) is 16.2 Å². The van der Waals surface area contributed by atoms with Crippen LogP contribution in [0.5, 0.6) is 0 Å². The summed E-state index contributed by atoms with van der Waals surface area (Å²) in [6, 6.07) is 21.1. The lowest BCUT2D eigenvalue weighted by Gasteiger charge is -2.18. The number of amides is 1. The fraction of sp³-hybridized carbons (Fsp3) is 0.0833. The Bertz CT molecular complexity index is 1350. The third-order valence-electron chi connectivity index (χ3n) is 4.86. The molecule has 7 heteroatoms. The van der Waals surface area contributed by atoms with Crippen molar-refractivity contribution < 1.29 is 9.32 Å². The topological polar surface area (TPSA) is 72.1 Å². The van der Waals surface area contributed by atoms with E-state index in [0.717, 1.165) is 26.9 Å². The second kappa shape index (κ2) is 8.12. The molecule has 0 atom stereocenters. The number of thiazole rings is 1. The Morgan fingerprint density at radius 3 is 2.74 bits per heavy atom. The Balaban J connectivity index is 1.53. The van der Waals surface area contributed by atoms with Gasteiger partial charge in [-0.05, 0) is 36.2 Å². The van der Waals surface area contributed by atoms with E-state index in [1.807, 2.05) is 61.5 Å². The first-order valence-electron chi connectivity index (χ1n) is 9.77. The molecule has 1 amide bonds. The molecule has 3 heterocycles. The van der Waals surface area contributed by atoms with Gasteiger partial charge in [0.05, 0.1) is 16.8 Å². The molecule has 5 aromatic rings. The van der Waals surface area contributed by atoms with Crippen LogP contribution in [0.3, 0.4) is 0 Å². The van der Waals surface area contributed by atoms with E-state index < -0.39 is 0 Å². The first kappa shape index (κ1) is 19.1. The number of carbonyl (C=O) groups excluding carboxylic acids is 1. The van der Waals surface area contributed by atoms with Crippen LogP contribution in [0.2, 0.25) is 0 Å². The molecule has 0 N–H and O–H groups in total. The molecule has 0 unspecified atom stereocenters. The normalized spacial score (nSPS) is 11.0. The van der Waals surface area contributed by atoms with E-state index in [-0.39, 0.29) is 11.6 Å². The minimum absolute atomic E-state index is 0.234. The first-order valence-corrected chi connectivity index (χ1v) is 10.6. The molecular formula is C24H18N4O2S. The van der Waals surface area contributed by atoms with Gasteiger partial charge in [0, 0.05) is 24.0 Å². The van der Waals surface area contributed by atoms with E-state index in [1.165, 1.54) is 11.3 Å². The zero-order valence-corrected chi connectivity index (χ0v) is 17.5. The van der Waals surface area contributed by atoms with Gasteiger partial charge in [-0.25, -0.2) is 4.98 Å². The lowest BCUT2D eigenvalue weighted by molar-refractivity contribution is 0.0976. The van der Waals surface area contributed by atoms with Gasteiger partial charge in [-0.3, -0.25) is 14.7 Å². The fourth-order valence-corrected chi connectivity index (χ4v) is 4.35. The second-order valence-electron chi connectivity index (χ2n) is 7.16. The van der Waals surface area contributed by atoms with Crippen molar-refractivity contribution in [2.45, 2.75) is 13.5 Å². The van der Waals surface area contributed by atoms with Gasteiger partial charge in [0.15, 0.2) is 16.6 Å². The predicted molar refractivity (Wildman–Crippen MR) is 121 cm³/mol. The number of aryl methyl sites for hydroxylation is 1. The summed E-state index contributed by atoms with van der Waals surface area (Å²) < 4.78 is 6.49. The first-order chi connectivity index (χ1) is 15.2. The lowest BCUT2D eigenvalue weighted by atomic mass is 10.1. The van der Waals surface area contributed by atoms with Gasteiger partial charge < -0.3 is 4.52 Å². The molecule has 0 saturated heterocycles. The van der Waals surface area contributed by atoms with Gasteiger partial charge in [-0.2, -0.15) is 0 Å². The molecule has 5 rings (SSSR count). The number of anilines is 1. The van der Waals surface area contributed by atoms with Crippen molar-refractivity contribution >= 4 is 32.6 Å². The van der Waals surface area contributed by atoms with Crippen molar-refractivity contribution in [1.29, 1.82) is 0 Å². The monoisotopic (exact) mass is 426 g/mol. The summed E-state index contributed by atoms with van der Waals surface area (Å²) in [5, 5.41) is 4.65. The maximum absolute atomic E-state index is 13.5. The molecule has 0 aliphatic rings. The number of fused-ring (bicyclic) bond motifs is 1. The molecule has 0 saturated carbocycles. The minimum Gasteiger partial charge on any atom is -0.355 e. The van der Waals surface area contributed by atoms with Gasteiger partial charge in [0.2, 0.25) is 0 Å². The van der Waals surface area contributed by atoms with E-state index in [9.17, 15) is 4.79 Å². The molecule has 0 aliphatic carbocycles. The van der Waals surface area contributed by atoms with Crippen LogP contribution in [0.1, 0.15) is 21.6 Å². The van der Waals surface area contributed by atoms with Crippen molar-refractivity contribution in [2.24, 2.45) is 0 Å². The number of nitrogens with zero attached hydrogens (tertiary/aromatic N) is 4. The smallest absolute Gasteiger partial charge is 0.282 e. The zero-order valence-electron chi connectivity index (χ0n) is 16.7. The van der Waals surface area contributed by atoms with Gasteiger partial charge in [0.1, 0.15) is 0 Å². The summed E-state index contributed by atoms with van der Waals surface area (Å²) in [7, 11) is 0. The van der Waals surface area contributed by atoms with Crippen LogP contribution in [0, 0.1) is 6.92 Å². The number of carbonyl (C=O) groups is 1. The standard InChI is InChI=1S/C24H18N4O2S/c1-16-9-10-19-22(12-16)31-24(26-19)28(15-17-6-5-11-25-14-17)23(29)20-13-21(30-27-20)18-7-3-2-4-8-18/h2-14H,15H2,1H3. The Hall–Kier alpha value is -3.84. The van der Waals surface area contributed by atoms with Gasteiger partial charge in [-0.1, -0.05) is 59.0 Å². The number of hydrogen-bond acceptors (Lipinski definition) is 6. The highest BCUT2D eigenvalue weighted by molar-refractivity contribution is 7.22. The van der Waals surface area contributed by atoms with Crippen molar-refractivity contribution in [3.8, 4) is 11.3 Å². The minimum atomic E-state index is -0.273. The van der Waals surface area contributed by atoms with Crippen molar-refractivity contribution in [2.75, 3.05) is 4.90 Å². The summed E-state index contributed by atoms with van der Waals surface area (Å²) in [5.41, 5.74) is 4.01. The highest BCUT2D eigenvalue weighted by atomic mass is 32.1. The lowest BCUT2D eigenvalue weighted by Crippen LogP contribution is -2.30. The SMILES string of the molecule is Cc1ccc2nc(N(Cc3cccnc3)C(=O)c3cc(-c4ccccc4)on3)sc2c1. The third kappa shape index (κ3) is 3.95. The second-order valence-corrected chi connectivity index (χ2v) is 8.17. The molecule has 0 radical (unpaired) electrons. The molecule has 2 aromatic carbocycles. The third-order valence-corrected chi connectivity index (χ3v) is 5.90. The quantitative estimate of drug-likeness (QED) is 0.371. The Morgan fingerprint density at radius 1 is 1.06 bits per heavy atom. The van der Waals surface area contributed by atoms with Gasteiger partial charge in [0.25, 0.3) is 5.91 Å². The maximum Gasteiger partial charge on any atom is 0.282 e. The molecule has 152 valence electrons. The van der Waals surface area contributed by atoms with Crippen LogP contribution in [-0.2, 0) is 6.54 Å². The number of benzene rings is 2. The van der Waals surface area contributed by atoms with Crippen LogP contribution >= 0.6 is 11.3 Å². The van der Waals surface area contributed by atoms with Crippen molar-refractivity contribution in [3.63, 3.8) is 0 Å². The summed E-state index contributed by atoms with van der Waals surface area (Å²) in [5.74, 6) is 0.274. The Morgan fingerprint density at radius 2 is 1.94 bits per heavy atom. The van der Waals surface area contributed by atoms with E-state index in [0.29, 0.717) is 17.4 Å². The molecular weight excluding hydrogens is 408 g/mol. The van der Waals surface area contributed by atoms with Crippen LogP contribution in [-0.4, -0.2) is 21.0 Å². The van der Waals surface area contributed by atoms with Crippen LogP contribution in [0.15, 0.2) is 83.6 Å². The van der Waals surface area contributed by atoms with Gasteiger partial charge >= 0.3 is 0 Å². The van der Waals surface area contributed by atoms with Crippen molar-refractivity contribution in [1.82, 2.24) is 15.1 Å². The maximum atomic E-state index is 13.5. The highest BCUT2D eigenvalue weighted by Crippen LogP contribution is 2.32. The average molecular weight is 427 g/mol. The number of pyridine rings is 1. The van der Waals surface area contributed by atoms with Crippen LogP contribution in [0.25, 0.3) is 21.5 Å². The van der Waals surface area contributed by atoms with E-state index in [4.69, 9.17) is 9.51 Å². The highest BCUT2D eigenvalue weighted by Gasteiger charge is 2.25. The molecule has 31 heavy (non-hydrogen) atoms. The molecule has 0 aliphatic heterocycles. The van der Waals surface area contributed by atoms with Crippen LogP contribution in [0.4, 0.5) is 5.13 Å². The number of hydrogen-bond donors (Lipinski definition) is 0. The number of aromatic nitrogens is 3. The average Bonchev–Trinajstić information content (AvgIpc) is 3.45. The molecule has 0 fully saturated rings. The summed E-state index contributed by atoms with van der Waals surface area (Å²) in [4.78, 5) is 24.0. The molecule has 6 nitrogen and oxygen atoms in total. The van der Waals surface area contributed by atoms with E-state index >= 15 is 0 Å². The molecule has 0 bridgehead atoms. The Kier molecular flexibility index (Phi) is 5.01. The summed E-state index contributed by atoms with van der Waals surface area (Å²) in [6.45, 7) is 2.37. The van der Waals surface area contributed by atoms with Gasteiger partial charge in [-0.15, -0.1) is 0 Å². The molecule has 0 spiro atoms.